The summed E-state index contributed by atoms with van der Waals surface area (Å²) >= 11 is 0. The molecule has 3 aromatic carbocycles. The number of nitrogens with one attached hydrogen (secondary N) is 1. The maximum Gasteiger partial charge on any atom is 0.262 e. The number of benzene rings is 3. The Balaban J connectivity index is 0.00000163. The van der Waals surface area contributed by atoms with E-state index >= 15 is 0 Å². The lowest BCUT2D eigenvalue weighted by atomic mass is 10.1. The average Bonchev–Trinajstić information content (AvgIpc) is 2.82. The van der Waals surface area contributed by atoms with Crippen LogP contribution in [0.3, 0.4) is 0 Å². The van der Waals surface area contributed by atoms with Crippen LogP contribution >= 0.6 is 0 Å². The zero-order valence-corrected chi connectivity index (χ0v) is 22.7. The molecule has 0 fully saturated rings. The van der Waals surface area contributed by atoms with Crippen molar-refractivity contribution in [2.75, 3.05) is 26.1 Å². The summed E-state index contributed by atoms with van der Waals surface area (Å²) in [4.78, 5) is 0.108. The number of ether oxygens (including phenoxy) is 3. The molecule has 0 aliphatic heterocycles. The highest BCUT2D eigenvalue weighted by atomic mass is 32.2. The van der Waals surface area contributed by atoms with E-state index in [4.69, 9.17) is 14.2 Å². The van der Waals surface area contributed by atoms with Crippen LogP contribution in [-0.2, 0) is 10.0 Å². The number of aromatic hydroxyl groups is 1. The normalized spacial score (nSPS) is 11.0. The maximum absolute atomic E-state index is 12.9. The fourth-order valence-electron chi connectivity index (χ4n) is 3.41. The molecular formula is C28H37NO6S. The van der Waals surface area contributed by atoms with Crippen molar-refractivity contribution in [3.05, 3.63) is 70.8 Å². The van der Waals surface area contributed by atoms with Gasteiger partial charge in [-0.1, -0.05) is 50.1 Å². The molecule has 0 heterocycles. The van der Waals surface area contributed by atoms with E-state index in [1.807, 2.05) is 32.1 Å². The molecule has 0 saturated heterocycles. The molecule has 0 bridgehead atoms. The van der Waals surface area contributed by atoms with E-state index < -0.39 is 10.0 Å². The number of phenols is 1. The third-order valence-electron chi connectivity index (χ3n) is 5.03. The highest BCUT2D eigenvalue weighted by molar-refractivity contribution is 7.92. The zero-order valence-electron chi connectivity index (χ0n) is 21.9. The summed E-state index contributed by atoms with van der Waals surface area (Å²) in [5.41, 5.74) is 3.40. The van der Waals surface area contributed by atoms with Crippen LogP contribution < -0.4 is 18.9 Å². The second-order valence-corrected chi connectivity index (χ2v) is 9.84. The summed E-state index contributed by atoms with van der Waals surface area (Å²) in [6.07, 6.45) is 4.83. The Morgan fingerprint density at radius 3 is 1.94 bits per heavy atom. The number of aryl methyl sites for hydroxylation is 2. The Bertz CT molecular complexity index is 1310. The van der Waals surface area contributed by atoms with Gasteiger partial charge in [0.05, 0.1) is 31.9 Å². The van der Waals surface area contributed by atoms with E-state index in [1.54, 1.807) is 38.5 Å². The topological polar surface area (TPSA) is 94.1 Å². The number of rotatable bonds is 8. The molecule has 0 saturated carbocycles. The van der Waals surface area contributed by atoms with E-state index in [2.05, 4.69) is 18.6 Å². The third kappa shape index (κ3) is 7.18. The number of phenolic OH excluding ortho intramolecular Hbond substituents is 1. The average molecular weight is 516 g/mol. The van der Waals surface area contributed by atoms with Crippen LogP contribution in [-0.4, -0.2) is 34.9 Å². The quantitative estimate of drug-likeness (QED) is 0.326. The van der Waals surface area contributed by atoms with Gasteiger partial charge < -0.3 is 19.3 Å². The first kappa shape index (κ1) is 28.6. The molecule has 0 atom stereocenters. The first-order chi connectivity index (χ1) is 17.1. The van der Waals surface area contributed by atoms with Gasteiger partial charge in [-0.25, -0.2) is 8.42 Å². The van der Waals surface area contributed by atoms with Gasteiger partial charge in [-0.15, -0.1) is 0 Å². The van der Waals surface area contributed by atoms with Crippen LogP contribution in [0.2, 0.25) is 0 Å². The second kappa shape index (κ2) is 12.9. The van der Waals surface area contributed by atoms with Gasteiger partial charge >= 0.3 is 0 Å². The van der Waals surface area contributed by atoms with Crippen molar-refractivity contribution in [3.8, 4) is 23.0 Å². The van der Waals surface area contributed by atoms with Crippen LogP contribution in [0.25, 0.3) is 12.2 Å². The fraction of sp³-hybridized carbons (Fsp3) is 0.286. The summed E-state index contributed by atoms with van der Waals surface area (Å²) in [6.45, 7) is 8.04. The molecule has 0 unspecified atom stereocenters. The van der Waals surface area contributed by atoms with Crippen molar-refractivity contribution in [2.45, 2.75) is 39.0 Å². The van der Waals surface area contributed by atoms with Crippen molar-refractivity contribution in [1.82, 2.24) is 0 Å². The molecule has 2 N–H and O–H groups in total. The van der Waals surface area contributed by atoms with Crippen LogP contribution in [0.1, 0.15) is 43.9 Å². The predicted molar refractivity (Wildman–Crippen MR) is 148 cm³/mol. The smallest absolute Gasteiger partial charge is 0.262 e. The molecule has 0 aromatic heterocycles. The number of methoxy groups -OCH3 is 3. The van der Waals surface area contributed by atoms with Crippen LogP contribution in [0.15, 0.2) is 53.4 Å². The van der Waals surface area contributed by atoms with Crippen molar-refractivity contribution in [3.63, 3.8) is 0 Å². The molecule has 7 nitrogen and oxygen atoms in total. The lowest BCUT2D eigenvalue weighted by Gasteiger charge is -2.14. The Labute approximate surface area is 215 Å². The monoisotopic (exact) mass is 515 g/mol. The van der Waals surface area contributed by atoms with Gasteiger partial charge in [-0.05, 0) is 66.9 Å². The second-order valence-electron chi connectivity index (χ2n) is 8.15. The van der Waals surface area contributed by atoms with Gasteiger partial charge in [0.25, 0.3) is 10.0 Å². The summed E-state index contributed by atoms with van der Waals surface area (Å²) in [6, 6.07) is 13.3. The Hall–Kier alpha value is -3.65. The summed E-state index contributed by atoms with van der Waals surface area (Å²) in [7, 11) is 0.632. The molecule has 3 aromatic rings. The molecule has 36 heavy (non-hydrogen) atoms. The van der Waals surface area contributed by atoms with Crippen LogP contribution in [0.4, 0.5) is 5.69 Å². The minimum Gasteiger partial charge on any atom is -0.504 e. The van der Waals surface area contributed by atoms with E-state index in [1.165, 1.54) is 31.7 Å². The van der Waals surface area contributed by atoms with E-state index in [0.717, 1.165) is 16.7 Å². The molecule has 0 radical (unpaired) electrons. The van der Waals surface area contributed by atoms with Crippen molar-refractivity contribution in [2.24, 2.45) is 0 Å². The minimum absolute atomic E-state index is 0. The number of sulfonamides is 1. The van der Waals surface area contributed by atoms with Gasteiger partial charge in [-0.3, -0.25) is 4.72 Å². The summed E-state index contributed by atoms with van der Waals surface area (Å²) in [5.74, 6) is 1.10. The first-order valence-corrected chi connectivity index (χ1v) is 13.0. The zero-order chi connectivity index (χ0) is 26.9. The fourth-order valence-corrected chi connectivity index (χ4v) is 4.47. The van der Waals surface area contributed by atoms with Crippen molar-refractivity contribution in [1.29, 1.82) is 0 Å². The molecule has 0 aliphatic rings. The van der Waals surface area contributed by atoms with Gasteiger partial charge in [0.15, 0.2) is 23.0 Å². The molecule has 3 rings (SSSR count). The van der Waals surface area contributed by atoms with Gasteiger partial charge in [0.1, 0.15) is 0 Å². The third-order valence-corrected chi connectivity index (χ3v) is 6.41. The lowest BCUT2D eigenvalue weighted by molar-refractivity contribution is 0.353. The Kier molecular flexibility index (Phi) is 10.2. The first-order valence-electron chi connectivity index (χ1n) is 11.5. The van der Waals surface area contributed by atoms with Crippen molar-refractivity contribution < 1.29 is 29.2 Å². The highest BCUT2D eigenvalue weighted by Crippen LogP contribution is 2.38. The minimum atomic E-state index is -3.88. The van der Waals surface area contributed by atoms with Gasteiger partial charge in [0.2, 0.25) is 0 Å². The Morgan fingerprint density at radius 2 is 1.42 bits per heavy atom. The number of hydrogen-bond donors (Lipinski definition) is 2. The molecule has 196 valence electrons. The molecule has 8 heteroatoms. The molecule has 0 aliphatic carbocycles. The standard InChI is InChI=1S/C25H27NO6S.C3H8.H2/c1-16-6-10-20(11-7-16)33(28,29)26-21-13-19(14-22(27)25(21)32-5)9-8-18-12-17(2)24(31-4)23(15-18)30-3;1-3-2;/h6-15,26-27H,1-5H3;3H2,1-2H3;1H/b9-8-;;. The van der Waals surface area contributed by atoms with E-state index in [0.29, 0.717) is 17.1 Å². The van der Waals surface area contributed by atoms with Gasteiger partial charge in [0, 0.05) is 1.43 Å². The summed E-state index contributed by atoms with van der Waals surface area (Å²) in [5, 5.41) is 10.4. The number of hydrogen-bond acceptors (Lipinski definition) is 6. The van der Waals surface area contributed by atoms with Crippen LogP contribution in [0, 0.1) is 13.8 Å². The molecule has 0 amide bonds. The van der Waals surface area contributed by atoms with E-state index in [-0.39, 0.29) is 23.5 Å². The largest absolute Gasteiger partial charge is 0.504 e. The maximum atomic E-state index is 12.9. The van der Waals surface area contributed by atoms with E-state index in [9.17, 15) is 13.5 Å². The molecular weight excluding hydrogens is 478 g/mol. The summed E-state index contributed by atoms with van der Waals surface area (Å²) < 4.78 is 44.2. The highest BCUT2D eigenvalue weighted by Gasteiger charge is 2.19. The molecule has 0 spiro atoms. The van der Waals surface area contributed by atoms with Crippen LogP contribution in [0.5, 0.6) is 23.0 Å². The SMILES string of the molecule is CCC.COc1cc(/C=C\c2cc(O)c(OC)c(NS(=O)(=O)c3ccc(C)cc3)c2)cc(C)c1OC.[HH]. The predicted octanol–water partition coefficient (Wildman–Crippen LogP) is 6.67. The lowest BCUT2D eigenvalue weighted by Crippen LogP contribution is -2.13. The van der Waals surface area contributed by atoms with Crippen molar-refractivity contribution >= 4 is 27.9 Å². The Morgan fingerprint density at radius 1 is 0.861 bits per heavy atom. The number of anilines is 1. The van der Waals surface area contributed by atoms with Gasteiger partial charge in [-0.2, -0.15) is 0 Å².